The summed E-state index contributed by atoms with van der Waals surface area (Å²) in [5, 5.41) is 6.89. The number of hydrogen-bond donors (Lipinski definition) is 2. The van der Waals surface area contributed by atoms with Crippen LogP contribution in [-0.4, -0.2) is 23.1 Å². The van der Waals surface area contributed by atoms with Gasteiger partial charge in [-0.3, -0.25) is 0 Å². The molecule has 2 N–H and O–H groups in total. The number of hydrogen-bond acceptors (Lipinski definition) is 4. The van der Waals surface area contributed by atoms with Crippen molar-refractivity contribution in [2.45, 2.75) is 58.3 Å². The minimum absolute atomic E-state index is 0.597. The summed E-state index contributed by atoms with van der Waals surface area (Å²) in [6.45, 7) is 6.16. The number of aromatic nitrogens is 2. The van der Waals surface area contributed by atoms with E-state index in [-0.39, 0.29) is 0 Å². The summed E-state index contributed by atoms with van der Waals surface area (Å²) in [7, 11) is 0. The van der Waals surface area contributed by atoms with E-state index in [1.165, 1.54) is 38.5 Å². The fourth-order valence-corrected chi connectivity index (χ4v) is 2.57. The number of nitrogens with one attached hydrogen (secondary N) is 2. The molecule has 0 radical (unpaired) electrons. The Bertz CT molecular complexity index is 464. The van der Waals surface area contributed by atoms with Crippen molar-refractivity contribution >= 4 is 11.6 Å². The molecule has 4 nitrogen and oxygen atoms in total. The third-order valence-corrected chi connectivity index (χ3v) is 4.23. The minimum atomic E-state index is 0.597. The molecule has 0 unspecified atom stereocenters. The van der Waals surface area contributed by atoms with Crippen molar-refractivity contribution in [1.82, 2.24) is 9.97 Å². The van der Waals surface area contributed by atoms with Gasteiger partial charge >= 0.3 is 0 Å². The van der Waals surface area contributed by atoms with Crippen LogP contribution in [0.1, 0.15) is 62.8 Å². The van der Waals surface area contributed by atoms with Crippen LogP contribution in [0.15, 0.2) is 0 Å². The average Bonchev–Trinajstić information content (AvgIpc) is 3.30. The van der Waals surface area contributed by atoms with Crippen molar-refractivity contribution in [3.05, 3.63) is 11.4 Å². The lowest BCUT2D eigenvalue weighted by Crippen LogP contribution is -2.11. The maximum absolute atomic E-state index is 4.75. The summed E-state index contributed by atoms with van der Waals surface area (Å²) in [5.74, 6) is 4.68. The molecule has 0 amide bonds. The molecule has 0 atom stereocenters. The Morgan fingerprint density at radius 3 is 2.35 bits per heavy atom. The Balaban J connectivity index is 1.65. The molecule has 0 spiro atoms. The summed E-state index contributed by atoms with van der Waals surface area (Å²) in [4.78, 5) is 9.44. The zero-order chi connectivity index (χ0) is 13.9. The molecule has 0 aromatic carbocycles. The van der Waals surface area contributed by atoms with Gasteiger partial charge in [0.05, 0.1) is 0 Å². The van der Waals surface area contributed by atoms with Crippen LogP contribution < -0.4 is 10.6 Å². The van der Waals surface area contributed by atoms with Crippen LogP contribution in [0.5, 0.6) is 0 Å². The molecular weight excluding hydrogens is 248 g/mol. The highest BCUT2D eigenvalue weighted by Gasteiger charge is 2.28. The Labute approximate surface area is 121 Å². The van der Waals surface area contributed by atoms with E-state index < -0.39 is 0 Å². The third-order valence-electron chi connectivity index (χ3n) is 4.23. The molecule has 0 aliphatic heterocycles. The molecule has 1 heterocycles. The molecule has 110 valence electrons. The maximum atomic E-state index is 4.75. The van der Waals surface area contributed by atoms with Crippen molar-refractivity contribution in [1.29, 1.82) is 0 Å². The molecule has 4 heteroatoms. The van der Waals surface area contributed by atoms with Crippen molar-refractivity contribution in [2.24, 2.45) is 5.92 Å². The Morgan fingerprint density at radius 2 is 1.75 bits per heavy atom. The molecular formula is C16H26N4. The first-order valence-corrected chi connectivity index (χ1v) is 8.14. The molecule has 0 saturated heterocycles. The highest BCUT2D eigenvalue weighted by Crippen LogP contribution is 2.39. The lowest BCUT2D eigenvalue weighted by molar-refractivity contribution is 0.686. The standard InChI is InChI=1S/C16H26N4/c1-3-17-14-11(2)15(18-10-4-5-12-6-7-12)20-16(19-14)13-8-9-13/h12-13H,3-10H2,1-2H3,(H2,17,18,19,20). The van der Waals surface area contributed by atoms with E-state index in [0.29, 0.717) is 5.92 Å². The molecule has 2 aliphatic carbocycles. The highest BCUT2D eigenvalue weighted by atomic mass is 15.1. The highest BCUT2D eigenvalue weighted by molar-refractivity contribution is 5.57. The monoisotopic (exact) mass is 274 g/mol. The predicted molar refractivity (Wildman–Crippen MR) is 83.4 cm³/mol. The van der Waals surface area contributed by atoms with E-state index in [0.717, 1.165) is 42.0 Å². The first kappa shape index (κ1) is 13.7. The zero-order valence-electron chi connectivity index (χ0n) is 12.7. The van der Waals surface area contributed by atoms with E-state index in [9.17, 15) is 0 Å². The van der Waals surface area contributed by atoms with Crippen LogP contribution in [0, 0.1) is 12.8 Å². The average molecular weight is 274 g/mol. The third kappa shape index (κ3) is 3.41. The lowest BCUT2D eigenvalue weighted by Gasteiger charge is -2.14. The minimum Gasteiger partial charge on any atom is -0.370 e. The second kappa shape index (κ2) is 5.98. The van der Waals surface area contributed by atoms with Crippen LogP contribution >= 0.6 is 0 Å². The van der Waals surface area contributed by atoms with Crippen molar-refractivity contribution in [2.75, 3.05) is 23.7 Å². The Kier molecular flexibility index (Phi) is 4.08. The van der Waals surface area contributed by atoms with Crippen LogP contribution in [0.2, 0.25) is 0 Å². The summed E-state index contributed by atoms with van der Waals surface area (Å²) in [5.41, 5.74) is 1.16. The van der Waals surface area contributed by atoms with E-state index in [2.05, 4.69) is 29.5 Å². The van der Waals surface area contributed by atoms with E-state index in [1.807, 2.05) is 0 Å². The second-order valence-corrected chi connectivity index (χ2v) is 6.22. The first-order valence-electron chi connectivity index (χ1n) is 8.14. The van der Waals surface area contributed by atoms with Crippen molar-refractivity contribution in [3.63, 3.8) is 0 Å². The van der Waals surface area contributed by atoms with Crippen LogP contribution in [0.3, 0.4) is 0 Å². The van der Waals surface area contributed by atoms with Gasteiger partial charge in [0, 0.05) is 24.6 Å². The van der Waals surface area contributed by atoms with Crippen molar-refractivity contribution in [3.8, 4) is 0 Å². The van der Waals surface area contributed by atoms with Gasteiger partial charge in [-0.15, -0.1) is 0 Å². The fraction of sp³-hybridized carbons (Fsp3) is 0.750. The van der Waals surface area contributed by atoms with Crippen LogP contribution in [0.25, 0.3) is 0 Å². The second-order valence-electron chi connectivity index (χ2n) is 6.22. The molecule has 2 aliphatic rings. The largest absolute Gasteiger partial charge is 0.370 e. The summed E-state index contributed by atoms with van der Waals surface area (Å²) >= 11 is 0. The van der Waals surface area contributed by atoms with Crippen molar-refractivity contribution < 1.29 is 0 Å². The number of nitrogens with zero attached hydrogens (tertiary/aromatic N) is 2. The topological polar surface area (TPSA) is 49.8 Å². The van der Waals surface area contributed by atoms with E-state index in [4.69, 9.17) is 4.98 Å². The summed E-state index contributed by atoms with van der Waals surface area (Å²) < 4.78 is 0. The first-order chi connectivity index (χ1) is 9.78. The van der Waals surface area contributed by atoms with Crippen LogP contribution in [-0.2, 0) is 0 Å². The quantitative estimate of drug-likeness (QED) is 0.710. The van der Waals surface area contributed by atoms with Gasteiger partial charge in [-0.2, -0.15) is 0 Å². The summed E-state index contributed by atoms with van der Waals surface area (Å²) in [6, 6.07) is 0. The smallest absolute Gasteiger partial charge is 0.136 e. The van der Waals surface area contributed by atoms with Gasteiger partial charge in [0.1, 0.15) is 17.5 Å². The van der Waals surface area contributed by atoms with Gasteiger partial charge in [-0.1, -0.05) is 12.8 Å². The van der Waals surface area contributed by atoms with Gasteiger partial charge in [-0.25, -0.2) is 9.97 Å². The number of rotatable bonds is 8. The molecule has 3 rings (SSSR count). The Morgan fingerprint density at radius 1 is 1.05 bits per heavy atom. The van der Waals surface area contributed by atoms with Gasteiger partial charge in [0.25, 0.3) is 0 Å². The molecule has 20 heavy (non-hydrogen) atoms. The van der Waals surface area contributed by atoms with Crippen LogP contribution in [0.4, 0.5) is 11.6 Å². The van der Waals surface area contributed by atoms with Gasteiger partial charge < -0.3 is 10.6 Å². The Hall–Kier alpha value is -1.32. The zero-order valence-corrected chi connectivity index (χ0v) is 12.7. The molecule has 2 saturated carbocycles. The predicted octanol–water partition coefficient (Wildman–Crippen LogP) is 3.70. The molecule has 0 bridgehead atoms. The van der Waals surface area contributed by atoms with Gasteiger partial charge in [-0.05, 0) is 45.4 Å². The van der Waals surface area contributed by atoms with Gasteiger partial charge in [0.15, 0.2) is 0 Å². The lowest BCUT2D eigenvalue weighted by atomic mass is 10.2. The maximum Gasteiger partial charge on any atom is 0.136 e. The summed E-state index contributed by atoms with van der Waals surface area (Å²) in [6.07, 6.45) is 8.01. The number of anilines is 2. The molecule has 1 aromatic rings. The molecule has 1 aromatic heterocycles. The van der Waals surface area contributed by atoms with Gasteiger partial charge in [0.2, 0.25) is 0 Å². The molecule has 2 fully saturated rings. The SMILES string of the molecule is CCNc1nc(C2CC2)nc(NCCCC2CC2)c1C. The van der Waals surface area contributed by atoms with E-state index >= 15 is 0 Å². The normalized spacial score (nSPS) is 18.1. The van der Waals surface area contributed by atoms with E-state index in [1.54, 1.807) is 0 Å². The fourth-order valence-electron chi connectivity index (χ4n) is 2.57.